The Balaban J connectivity index is 1.83. The monoisotopic (exact) mass is 236 g/mol. The van der Waals surface area contributed by atoms with Crippen LogP contribution in [0.1, 0.15) is 12.0 Å². The number of esters is 1. The number of cyclic esters (lactones) is 1. The van der Waals surface area contributed by atoms with Gasteiger partial charge in [-0.1, -0.05) is 30.3 Å². The first-order valence-electron chi connectivity index (χ1n) is 5.62. The topological polar surface area (TPSA) is 55.8 Å². The van der Waals surface area contributed by atoms with Crippen LogP contribution in [0.5, 0.6) is 0 Å². The third-order valence-electron chi connectivity index (χ3n) is 2.91. The van der Waals surface area contributed by atoms with E-state index in [-0.39, 0.29) is 25.6 Å². The molecule has 1 aromatic rings. The first-order valence-corrected chi connectivity index (χ1v) is 5.62. The number of benzene rings is 1. The summed E-state index contributed by atoms with van der Waals surface area (Å²) in [6.45, 7) is 0.978. The van der Waals surface area contributed by atoms with Gasteiger partial charge in [0.15, 0.2) is 0 Å². The van der Waals surface area contributed by atoms with Crippen molar-refractivity contribution in [2.75, 3.05) is 19.8 Å². The minimum atomic E-state index is -0.550. The van der Waals surface area contributed by atoms with E-state index in [0.29, 0.717) is 13.2 Å². The van der Waals surface area contributed by atoms with Crippen LogP contribution in [0.25, 0.3) is 0 Å². The summed E-state index contributed by atoms with van der Waals surface area (Å²) in [5, 5.41) is 9.32. The van der Waals surface area contributed by atoms with Gasteiger partial charge in [-0.05, 0) is 5.56 Å². The number of carbonyl (C=O) groups is 1. The summed E-state index contributed by atoms with van der Waals surface area (Å²) < 4.78 is 10.4. The first kappa shape index (κ1) is 12.1. The van der Waals surface area contributed by atoms with Crippen LogP contribution in [-0.4, -0.2) is 30.9 Å². The van der Waals surface area contributed by atoms with Crippen molar-refractivity contribution in [1.82, 2.24) is 0 Å². The predicted molar refractivity (Wildman–Crippen MR) is 61.2 cm³/mol. The van der Waals surface area contributed by atoms with Gasteiger partial charge in [0, 0.05) is 0 Å². The molecule has 1 aromatic carbocycles. The SMILES string of the molecule is O=C1C[C@@](CO)(COCc2ccccc2)CO1. The largest absolute Gasteiger partial charge is 0.465 e. The first-order chi connectivity index (χ1) is 8.24. The normalized spacial score (nSPS) is 23.7. The molecule has 1 N–H and O–H groups in total. The second kappa shape index (κ2) is 5.29. The summed E-state index contributed by atoms with van der Waals surface area (Å²) in [5.74, 6) is -0.262. The Morgan fingerprint density at radius 3 is 2.71 bits per heavy atom. The summed E-state index contributed by atoms with van der Waals surface area (Å²) in [6, 6.07) is 9.79. The predicted octanol–water partition coefficient (Wildman–Crippen LogP) is 1.13. The lowest BCUT2D eigenvalue weighted by Gasteiger charge is -2.22. The zero-order valence-electron chi connectivity index (χ0n) is 9.59. The fraction of sp³-hybridized carbons (Fsp3) is 0.462. The van der Waals surface area contributed by atoms with Gasteiger partial charge in [-0.15, -0.1) is 0 Å². The van der Waals surface area contributed by atoms with Gasteiger partial charge in [-0.3, -0.25) is 4.79 Å². The van der Waals surface area contributed by atoms with E-state index < -0.39 is 5.41 Å². The van der Waals surface area contributed by atoms with Crippen LogP contribution in [0.2, 0.25) is 0 Å². The Hall–Kier alpha value is -1.39. The second-order valence-corrected chi connectivity index (χ2v) is 4.47. The highest BCUT2D eigenvalue weighted by Gasteiger charge is 2.40. The van der Waals surface area contributed by atoms with E-state index in [4.69, 9.17) is 9.47 Å². The van der Waals surface area contributed by atoms with Crippen LogP contribution in [0.4, 0.5) is 0 Å². The molecule has 0 spiro atoms. The van der Waals surface area contributed by atoms with Crippen molar-refractivity contribution < 1.29 is 19.4 Å². The number of hydrogen-bond donors (Lipinski definition) is 1. The molecule has 0 aliphatic carbocycles. The molecule has 17 heavy (non-hydrogen) atoms. The number of aliphatic hydroxyl groups is 1. The lowest BCUT2D eigenvalue weighted by Crippen LogP contribution is -2.31. The van der Waals surface area contributed by atoms with Crippen LogP contribution >= 0.6 is 0 Å². The van der Waals surface area contributed by atoms with Gasteiger partial charge in [0.2, 0.25) is 0 Å². The summed E-state index contributed by atoms with van der Waals surface area (Å²) in [7, 11) is 0. The second-order valence-electron chi connectivity index (χ2n) is 4.47. The Kier molecular flexibility index (Phi) is 3.76. The average Bonchev–Trinajstić information content (AvgIpc) is 2.73. The lowest BCUT2D eigenvalue weighted by atomic mass is 9.89. The van der Waals surface area contributed by atoms with Crippen molar-refractivity contribution in [3.63, 3.8) is 0 Å². The van der Waals surface area contributed by atoms with Crippen LogP contribution in [0.3, 0.4) is 0 Å². The average molecular weight is 236 g/mol. The zero-order valence-corrected chi connectivity index (χ0v) is 9.59. The number of aliphatic hydroxyl groups excluding tert-OH is 1. The van der Waals surface area contributed by atoms with Gasteiger partial charge in [0.1, 0.15) is 6.61 Å². The molecule has 0 bridgehead atoms. The molecule has 4 heteroatoms. The minimum absolute atomic E-state index is 0.0898. The van der Waals surface area contributed by atoms with Crippen molar-refractivity contribution in [2.24, 2.45) is 5.41 Å². The van der Waals surface area contributed by atoms with Crippen molar-refractivity contribution in [3.05, 3.63) is 35.9 Å². The maximum absolute atomic E-state index is 11.1. The molecule has 4 nitrogen and oxygen atoms in total. The molecule has 92 valence electrons. The van der Waals surface area contributed by atoms with Crippen molar-refractivity contribution >= 4 is 5.97 Å². The molecule has 1 fully saturated rings. The summed E-state index contributed by atoms with van der Waals surface area (Å²) in [5.41, 5.74) is 0.525. The van der Waals surface area contributed by atoms with Crippen LogP contribution in [0.15, 0.2) is 30.3 Å². The van der Waals surface area contributed by atoms with E-state index in [9.17, 15) is 9.90 Å². The molecule has 1 aliphatic rings. The Morgan fingerprint density at radius 2 is 2.12 bits per heavy atom. The van der Waals surface area contributed by atoms with Gasteiger partial charge in [0.05, 0.1) is 31.7 Å². The van der Waals surface area contributed by atoms with Crippen molar-refractivity contribution in [3.8, 4) is 0 Å². The fourth-order valence-electron chi connectivity index (χ4n) is 1.84. The van der Waals surface area contributed by atoms with Crippen molar-refractivity contribution in [2.45, 2.75) is 13.0 Å². The van der Waals surface area contributed by atoms with E-state index in [1.165, 1.54) is 0 Å². The van der Waals surface area contributed by atoms with E-state index in [0.717, 1.165) is 5.56 Å². The lowest BCUT2D eigenvalue weighted by molar-refractivity contribution is -0.137. The maximum Gasteiger partial charge on any atom is 0.306 e. The maximum atomic E-state index is 11.1. The molecule has 1 heterocycles. The third kappa shape index (κ3) is 3.05. The van der Waals surface area contributed by atoms with Crippen LogP contribution < -0.4 is 0 Å². The van der Waals surface area contributed by atoms with Gasteiger partial charge < -0.3 is 14.6 Å². The Morgan fingerprint density at radius 1 is 1.35 bits per heavy atom. The molecule has 0 radical (unpaired) electrons. The van der Waals surface area contributed by atoms with Crippen molar-refractivity contribution in [1.29, 1.82) is 0 Å². The van der Waals surface area contributed by atoms with Gasteiger partial charge in [0.25, 0.3) is 0 Å². The van der Waals surface area contributed by atoms with E-state index in [2.05, 4.69) is 0 Å². The summed E-state index contributed by atoms with van der Waals surface area (Å²) in [4.78, 5) is 11.1. The Labute approximate surface area is 100 Å². The van der Waals surface area contributed by atoms with E-state index in [1.54, 1.807) is 0 Å². The quantitative estimate of drug-likeness (QED) is 0.779. The van der Waals surface area contributed by atoms with E-state index >= 15 is 0 Å². The highest BCUT2D eigenvalue weighted by molar-refractivity contribution is 5.72. The van der Waals surface area contributed by atoms with Crippen LogP contribution in [-0.2, 0) is 20.9 Å². The molecule has 0 saturated carbocycles. The van der Waals surface area contributed by atoms with Crippen LogP contribution in [0, 0.1) is 5.41 Å². The number of carbonyl (C=O) groups excluding carboxylic acids is 1. The highest BCUT2D eigenvalue weighted by atomic mass is 16.5. The molecule has 0 unspecified atom stereocenters. The minimum Gasteiger partial charge on any atom is -0.465 e. The molecule has 1 saturated heterocycles. The molecular weight excluding hydrogens is 220 g/mol. The smallest absolute Gasteiger partial charge is 0.306 e. The summed E-state index contributed by atoms with van der Waals surface area (Å²) >= 11 is 0. The molecule has 2 rings (SSSR count). The van der Waals surface area contributed by atoms with Gasteiger partial charge in [-0.2, -0.15) is 0 Å². The zero-order chi connectivity index (χ0) is 12.1. The molecule has 1 aliphatic heterocycles. The Bertz CT molecular complexity index is 376. The summed E-state index contributed by atoms with van der Waals surface area (Å²) in [6.07, 6.45) is 0.234. The standard InChI is InChI=1S/C13H16O4/c14-8-13(6-12(15)17-10-13)9-16-7-11-4-2-1-3-5-11/h1-5,14H,6-10H2/t13-/m1/s1. The third-order valence-corrected chi connectivity index (χ3v) is 2.91. The fourth-order valence-corrected chi connectivity index (χ4v) is 1.84. The highest BCUT2D eigenvalue weighted by Crippen LogP contribution is 2.29. The van der Waals surface area contributed by atoms with E-state index in [1.807, 2.05) is 30.3 Å². The number of ether oxygens (including phenoxy) is 2. The number of hydrogen-bond acceptors (Lipinski definition) is 4. The van der Waals surface area contributed by atoms with Gasteiger partial charge >= 0.3 is 5.97 Å². The number of rotatable bonds is 5. The molecular formula is C13H16O4. The molecule has 0 amide bonds. The van der Waals surface area contributed by atoms with Gasteiger partial charge in [-0.25, -0.2) is 0 Å². The molecule has 1 atom stereocenters. The molecule has 0 aromatic heterocycles.